The molecule has 0 aliphatic rings. The van der Waals surface area contributed by atoms with Crippen LogP contribution in [0, 0.1) is 0 Å². The minimum Gasteiger partial charge on any atom is -0.338 e. The number of hydrogen-bond acceptors (Lipinski definition) is 5. The summed E-state index contributed by atoms with van der Waals surface area (Å²) < 4.78 is 0. The van der Waals surface area contributed by atoms with Crippen LogP contribution < -0.4 is 10.6 Å². The molecule has 0 unspecified atom stereocenters. The zero-order valence-electron chi connectivity index (χ0n) is 11.8. The van der Waals surface area contributed by atoms with Gasteiger partial charge in [-0.3, -0.25) is 19.8 Å². The van der Waals surface area contributed by atoms with E-state index < -0.39 is 0 Å². The number of nitrogens with one attached hydrogen (secondary N) is 2. The van der Waals surface area contributed by atoms with Crippen molar-refractivity contribution in [2.45, 2.75) is 0 Å². The molecule has 1 heterocycles. The van der Waals surface area contributed by atoms with E-state index in [0.29, 0.717) is 23.1 Å². The Labute approximate surface area is 126 Å². The summed E-state index contributed by atoms with van der Waals surface area (Å²) in [7, 11) is 3.71. The van der Waals surface area contributed by atoms with E-state index in [9.17, 15) is 9.59 Å². The molecule has 1 aromatic carbocycles. The minimum absolute atomic E-state index is 0.245. The molecule has 21 heavy (non-hydrogen) atoms. The van der Waals surface area contributed by atoms with Crippen LogP contribution in [-0.2, 0) is 0 Å². The van der Waals surface area contributed by atoms with Crippen molar-refractivity contribution in [1.82, 2.24) is 15.2 Å². The number of anilines is 1. The highest BCUT2D eigenvalue weighted by Gasteiger charge is 2.13. The molecule has 110 valence electrons. The van der Waals surface area contributed by atoms with Gasteiger partial charge in [0.25, 0.3) is 11.8 Å². The van der Waals surface area contributed by atoms with Crippen LogP contribution in [0.5, 0.6) is 0 Å². The van der Waals surface area contributed by atoms with Crippen molar-refractivity contribution in [1.29, 1.82) is 0 Å². The van der Waals surface area contributed by atoms with Crippen LogP contribution in [0.25, 0.3) is 0 Å². The maximum atomic E-state index is 12.0. The lowest BCUT2D eigenvalue weighted by atomic mass is 10.2. The Morgan fingerprint density at radius 1 is 1.19 bits per heavy atom. The van der Waals surface area contributed by atoms with Crippen molar-refractivity contribution in [2.24, 2.45) is 0 Å². The fourth-order valence-electron chi connectivity index (χ4n) is 1.51. The highest BCUT2D eigenvalue weighted by Crippen LogP contribution is 2.16. The highest BCUT2D eigenvalue weighted by molar-refractivity contribution is 7.14. The van der Waals surface area contributed by atoms with Crippen molar-refractivity contribution in [3.05, 3.63) is 47.0 Å². The number of rotatable bonds is 5. The number of thiazole rings is 1. The van der Waals surface area contributed by atoms with Gasteiger partial charge < -0.3 is 5.32 Å². The van der Waals surface area contributed by atoms with Gasteiger partial charge >= 0.3 is 0 Å². The SMILES string of the molecule is CN(C)CNC(=O)c1csc(NC(=O)c2ccccc2)n1. The smallest absolute Gasteiger partial charge is 0.271 e. The maximum absolute atomic E-state index is 12.0. The molecule has 0 saturated carbocycles. The standard InChI is InChI=1S/C14H16N4O2S/c1-18(2)9-15-13(20)11-8-21-14(16-11)17-12(19)10-6-4-3-5-7-10/h3-8H,9H2,1-2H3,(H,15,20)(H,16,17,19). The number of amides is 2. The normalized spacial score (nSPS) is 10.4. The van der Waals surface area contributed by atoms with Gasteiger partial charge in [-0.1, -0.05) is 18.2 Å². The maximum Gasteiger partial charge on any atom is 0.271 e. The average Bonchev–Trinajstić information content (AvgIpc) is 2.94. The predicted molar refractivity (Wildman–Crippen MR) is 82.5 cm³/mol. The first-order valence-electron chi connectivity index (χ1n) is 6.31. The van der Waals surface area contributed by atoms with Crippen LogP contribution >= 0.6 is 11.3 Å². The number of benzene rings is 1. The van der Waals surface area contributed by atoms with Gasteiger partial charge in [0, 0.05) is 10.9 Å². The minimum atomic E-state index is -0.264. The largest absolute Gasteiger partial charge is 0.338 e. The quantitative estimate of drug-likeness (QED) is 0.824. The second-order valence-electron chi connectivity index (χ2n) is 4.60. The molecule has 2 rings (SSSR count). The molecule has 0 fully saturated rings. The molecule has 1 aromatic heterocycles. The van der Waals surface area contributed by atoms with Gasteiger partial charge in [-0.25, -0.2) is 4.98 Å². The van der Waals surface area contributed by atoms with Crippen LogP contribution in [-0.4, -0.2) is 42.5 Å². The first-order chi connectivity index (χ1) is 10.1. The molecule has 0 radical (unpaired) electrons. The number of carbonyl (C=O) groups excluding carboxylic acids is 2. The molecule has 2 N–H and O–H groups in total. The van der Waals surface area contributed by atoms with Gasteiger partial charge in [-0.2, -0.15) is 0 Å². The first kappa shape index (κ1) is 15.1. The topological polar surface area (TPSA) is 74.3 Å². The molecule has 0 aliphatic carbocycles. The Hall–Kier alpha value is -2.25. The predicted octanol–water partition coefficient (Wildman–Crippen LogP) is 1.64. The average molecular weight is 304 g/mol. The van der Waals surface area contributed by atoms with Crippen LogP contribution in [0.1, 0.15) is 20.8 Å². The lowest BCUT2D eigenvalue weighted by molar-refractivity contribution is 0.0930. The van der Waals surface area contributed by atoms with Gasteiger partial charge in [-0.05, 0) is 26.2 Å². The van der Waals surface area contributed by atoms with E-state index in [0.717, 1.165) is 0 Å². The summed E-state index contributed by atoms with van der Waals surface area (Å²) in [6.45, 7) is 0.433. The summed E-state index contributed by atoms with van der Waals surface area (Å²) in [6, 6.07) is 8.85. The summed E-state index contributed by atoms with van der Waals surface area (Å²) in [5.41, 5.74) is 0.844. The summed E-state index contributed by atoms with van der Waals surface area (Å²) in [5.74, 6) is -0.509. The third kappa shape index (κ3) is 4.37. The zero-order valence-corrected chi connectivity index (χ0v) is 12.6. The zero-order chi connectivity index (χ0) is 15.2. The van der Waals surface area contributed by atoms with E-state index in [1.54, 1.807) is 29.6 Å². The molecule has 0 spiro atoms. The van der Waals surface area contributed by atoms with Crippen LogP contribution in [0.3, 0.4) is 0 Å². The Balaban J connectivity index is 1.97. The Morgan fingerprint density at radius 3 is 2.57 bits per heavy atom. The van der Waals surface area contributed by atoms with E-state index in [4.69, 9.17) is 0 Å². The van der Waals surface area contributed by atoms with E-state index >= 15 is 0 Å². The van der Waals surface area contributed by atoms with Gasteiger partial charge in [0.15, 0.2) is 5.13 Å². The molecule has 0 saturated heterocycles. The van der Waals surface area contributed by atoms with Crippen LogP contribution in [0.2, 0.25) is 0 Å². The van der Waals surface area contributed by atoms with Crippen molar-refractivity contribution in [3.8, 4) is 0 Å². The number of aromatic nitrogens is 1. The fraction of sp³-hybridized carbons (Fsp3) is 0.214. The Kier molecular flexibility index (Phi) is 5.02. The lowest BCUT2D eigenvalue weighted by Gasteiger charge is -2.09. The van der Waals surface area contributed by atoms with Gasteiger partial charge in [0.05, 0.1) is 6.67 Å². The van der Waals surface area contributed by atoms with Gasteiger partial charge in [0.2, 0.25) is 0 Å². The number of hydrogen-bond donors (Lipinski definition) is 2. The van der Waals surface area contributed by atoms with Crippen LogP contribution in [0.15, 0.2) is 35.7 Å². The first-order valence-corrected chi connectivity index (χ1v) is 7.19. The van der Waals surface area contributed by atoms with Gasteiger partial charge in [-0.15, -0.1) is 11.3 Å². The number of carbonyl (C=O) groups is 2. The Bertz CT molecular complexity index is 625. The van der Waals surface area contributed by atoms with E-state index in [1.165, 1.54) is 11.3 Å². The summed E-state index contributed by atoms with van der Waals surface area (Å²) in [4.78, 5) is 29.7. The molecule has 2 amide bonds. The van der Waals surface area contributed by atoms with Crippen LogP contribution in [0.4, 0.5) is 5.13 Å². The molecule has 6 nitrogen and oxygen atoms in total. The van der Waals surface area contributed by atoms with E-state index in [-0.39, 0.29) is 11.8 Å². The van der Waals surface area contributed by atoms with Crippen molar-refractivity contribution >= 4 is 28.3 Å². The lowest BCUT2D eigenvalue weighted by Crippen LogP contribution is -2.33. The highest BCUT2D eigenvalue weighted by atomic mass is 32.1. The van der Waals surface area contributed by atoms with Crippen molar-refractivity contribution < 1.29 is 9.59 Å². The van der Waals surface area contributed by atoms with E-state index in [2.05, 4.69) is 15.6 Å². The molecular formula is C14H16N4O2S. The van der Waals surface area contributed by atoms with Gasteiger partial charge in [0.1, 0.15) is 5.69 Å². The monoisotopic (exact) mass is 304 g/mol. The van der Waals surface area contributed by atoms with Crippen molar-refractivity contribution in [2.75, 3.05) is 26.1 Å². The summed E-state index contributed by atoms with van der Waals surface area (Å²) >= 11 is 1.22. The molecule has 2 aromatic rings. The molecule has 7 heteroatoms. The molecular weight excluding hydrogens is 288 g/mol. The van der Waals surface area contributed by atoms with Crippen molar-refractivity contribution in [3.63, 3.8) is 0 Å². The molecule has 0 bridgehead atoms. The Morgan fingerprint density at radius 2 is 1.90 bits per heavy atom. The van der Waals surface area contributed by atoms with E-state index in [1.807, 2.05) is 25.1 Å². The fourth-order valence-corrected chi connectivity index (χ4v) is 2.20. The third-order valence-corrected chi connectivity index (χ3v) is 3.31. The second-order valence-corrected chi connectivity index (χ2v) is 5.46. The third-order valence-electron chi connectivity index (χ3n) is 2.55. The second kappa shape index (κ2) is 6.96. The summed E-state index contributed by atoms with van der Waals surface area (Å²) in [6.07, 6.45) is 0. The summed E-state index contributed by atoms with van der Waals surface area (Å²) in [5, 5.41) is 7.41. The molecule has 0 atom stereocenters. The molecule has 0 aliphatic heterocycles. The number of nitrogens with zero attached hydrogens (tertiary/aromatic N) is 2.